The molecule has 0 unspecified atom stereocenters. The first-order valence-corrected chi connectivity index (χ1v) is 8.00. The summed E-state index contributed by atoms with van der Waals surface area (Å²) in [7, 11) is 0. The molecule has 124 valence electrons. The maximum atomic E-state index is 6.04. The quantitative estimate of drug-likeness (QED) is 0.805. The molecule has 2 aromatic rings. The lowest BCUT2D eigenvalue weighted by molar-refractivity contribution is 0.143. The highest BCUT2D eigenvalue weighted by atomic mass is 35.5. The van der Waals surface area contributed by atoms with Crippen molar-refractivity contribution in [3.8, 4) is 0 Å². The maximum absolute atomic E-state index is 6.04. The molecular formula is C18H21Cl3N2. The highest BCUT2D eigenvalue weighted by Crippen LogP contribution is 2.39. The highest BCUT2D eigenvalue weighted by molar-refractivity contribution is 6.30. The smallest absolute Gasteiger partial charge is 0.0476 e. The number of hydrogen-bond acceptors (Lipinski definition) is 2. The third kappa shape index (κ3) is 3.52. The molecule has 0 aliphatic carbocycles. The molecule has 0 saturated carbocycles. The molecule has 1 saturated heterocycles. The summed E-state index contributed by atoms with van der Waals surface area (Å²) in [4.78, 5) is 2.62. The van der Waals surface area contributed by atoms with Gasteiger partial charge in [-0.25, -0.2) is 0 Å². The number of halogens is 3. The summed E-state index contributed by atoms with van der Waals surface area (Å²) in [6.07, 6.45) is 0. The number of benzene rings is 2. The lowest BCUT2D eigenvalue weighted by Crippen LogP contribution is -2.50. The predicted molar refractivity (Wildman–Crippen MR) is 101 cm³/mol. The summed E-state index contributed by atoms with van der Waals surface area (Å²) >= 11 is 6.04. The van der Waals surface area contributed by atoms with Crippen LogP contribution in [0.15, 0.2) is 48.5 Å². The summed E-state index contributed by atoms with van der Waals surface area (Å²) in [5.74, 6) is 0.452. The van der Waals surface area contributed by atoms with Crippen LogP contribution in [0.5, 0.6) is 0 Å². The molecule has 1 fully saturated rings. The van der Waals surface area contributed by atoms with Gasteiger partial charge < -0.3 is 5.32 Å². The van der Waals surface area contributed by atoms with Gasteiger partial charge in [-0.3, -0.25) is 4.90 Å². The van der Waals surface area contributed by atoms with E-state index in [0.29, 0.717) is 12.0 Å². The van der Waals surface area contributed by atoms with Crippen LogP contribution < -0.4 is 5.32 Å². The number of nitrogens with one attached hydrogen (secondary N) is 1. The summed E-state index contributed by atoms with van der Waals surface area (Å²) in [6.45, 7) is 4.38. The fourth-order valence-electron chi connectivity index (χ4n) is 3.72. The average molecular weight is 372 g/mol. The Labute approximate surface area is 155 Å². The van der Waals surface area contributed by atoms with Gasteiger partial charge in [-0.1, -0.05) is 48.0 Å². The number of hydrogen-bond donors (Lipinski definition) is 1. The maximum Gasteiger partial charge on any atom is 0.0476 e. The monoisotopic (exact) mass is 370 g/mol. The number of piperazine rings is 1. The zero-order valence-electron chi connectivity index (χ0n) is 12.7. The van der Waals surface area contributed by atoms with Crippen LogP contribution in [0.25, 0.3) is 0 Å². The van der Waals surface area contributed by atoms with Crippen LogP contribution >= 0.6 is 36.4 Å². The van der Waals surface area contributed by atoms with Gasteiger partial charge in [0.05, 0.1) is 0 Å². The Balaban J connectivity index is 0.000000960. The first kappa shape index (κ1) is 18.6. The Hall–Kier alpha value is -0.770. The topological polar surface area (TPSA) is 15.3 Å². The Morgan fingerprint density at radius 3 is 2.39 bits per heavy atom. The van der Waals surface area contributed by atoms with Crippen molar-refractivity contribution in [1.82, 2.24) is 10.2 Å². The van der Waals surface area contributed by atoms with Gasteiger partial charge in [-0.05, 0) is 28.8 Å². The van der Waals surface area contributed by atoms with Crippen molar-refractivity contribution < 1.29 is 0 Å². The predicted octanol–water partition coefficient (Wildman–Crippen LogP) is 4.28. The fourth-order valence-corrected chi connectivity index (χ4v) is 3.84. The summed E-state index contributed by atoms with van der Waals surface area (Å²) in [5.41, 5.74) is 4.32. The van der Waals surface area contributed by atoms with Crippen molar-refractivity contribution in [1.29, 1.82) is 0 Å². The molecule has 0 bridgehead atoms. The van der Waals surface area contributed by atoms with Crippen LogP contribution in [-0.2, 0) is 0 Å². The number of fused-ring (bicyclic) bond motifs is 3. The molecule has 23 heavy (non-hydrogen) atoms. The second-order valence-corrected chi connectivity index (χ2v) is 6.38. The number of rotatable bonds is 1. The Morgan fingerprint density at radius 2 is 1.65 bits per heavy atom. The van der Waals surface area contributed by atoms with Gasteiger partial charge in [0, 0.05) is 43.2 Å². The molecule has 0 amide bonds. The molecule has 2 aliphatic rings. The van der Waals surface area contributed by atoms with Crippen molar-refractivity contribution in [2.75, 3.05) is 26.2 Å². The summed E-state index contributed by atoms with van der Waals surface area (Å²) in [5, 5.41) is 4.34. The summed E-state index contributed by atoms with van der Waals surface area (Å²) < 4.78 is 0. The van der Waals surface area contributed by atoms with E-state index in [1.54, 1.807) is 0 Å². The Bertz CT molecular complexity index is 645. The minimum atomic E-state index is 0. The Kier molecular flexibility index (Phi) is 6.35. The molecule has 0 spiro atoms. The molecule has 2 aromatic carbocycles. The van der Waals surface area contributed by atoms with Gasteiger partial charge in [-0.2, -0.15) is 0 Å². The van der Waals surface area contributed by atoms with Gasteiger partial charge in [0.15, 0.2) is 0 Å². The standard InChI is InChI=1S/C18H19ClN2.2ClH/c19-14-7-5-13(6-8-14)17-12-21-10-9-20-11-18(21)16-4-2-1-3-15(16)17;;/h1-8,17-18,20H,9-12H2;2*1H/t17-,18-;;/m1../s1. The molecule has 5 heteroatoms. The van der Waals surface area contributed by atoms with Crippen molar-refractivity contribution in [3.05, 3.63) is 70.2 Å². The molecule has 2 heterocycles. The summed E-state index contributed by atoms with van der Waals surface area (Å²) in [6, 6.07) is 17.8. The average Bonchev–Trinajstić information content (AvgIpc) is 2.55. The van der Waals surface area contributed by atoms with Crippen LogP contribution in [-0.4, -0.2) is 31.1 Å². The molecule has 2 aliphatic heterocycles. The second kappa shape index (κ2) is 7.87. The first-order chi connectivity index (χ1) is 10.3. The van der Waals surface area contributed by atoms with Crippen molar-refractivity contribution in [3.63, 3.8) is 0 Å². The van der Waals surface area contributed by atoms with E-state index in [1.807, 2.05) is 12.1 Å². The van der Waals surface area contributed by atoms with Crippen molar-refractivity contribution in [2.45, 2.75) is 12.0 Å². The van der Waals surface area contributed by atoms with E-state index in [0.717, 1.165) is 31.2 Å². The fraction of sp³-hybridized carbons (Fsp3) is 0.333. The third-order valence-corrected chi connectivity index (χ3v) is 5.03. The van der Waals surface area contributed by atoms with E-state index < -0.39 is 0 Å². The largest absolute Gasteiger partial charge is 0.314 e. The molecule has 0 aromatic heterocycles. The Morgan fingerprint density at radius 1 is 0.957 bits per heavy atom. The van der Waals surface area contributed by atoms with Gasteiger partial charge in [-0.15, -0.1) is 24.8 Å². The zero-order valence-corrected chi connectivity index (χ0v) is 15.1. The van der Waals surface area contributed by atoms with Crippen molar-refractivity contribution in [2.24, 2.45) is 0 Å². The molecule has 0 radical (unpaired) electrons. The normalized spacial score (nSPS) is 23.0. The first-order valence-electron chi connectivity index (χ1n) is 7.62. The highest BCUT2D eigenvalue weighted by Gasteiger charge is 2.34. The minimum Gasteiger partial charge on any atom is -0.314 e. The molecular weight excluding hydrogens is 351 g/mol. The number of nitrogens with zero attached hydrogens (tertiary/aromatic N) is 1. The van der Waals surface area contributed by atoms with Crippen LogP contribution in [0.1, 0.15) is 28.7 Å². The van der Waals surface area contributed by atoms with E-state index in [9.17, 15) is 0 Å². The van der Waals surface area contributed by atoms with Crippen LogP contribution in [0, 0.1) is 0 Å². The zero-order chi connectivity index (χ0) is 14.2. The van der Waals surface area contributed by atoms with Crippen LogP contribution in [0.3, 0.4) is 0 Å². The molecule has 2 nitrogen and oxygen atoms in total. The minimum absolute atomic E-state index is 0. The SMILES string of the molecule is Cl.Cl.Clc1ccc([C@H]2CN3CCNC[C@@H]3c3ccccc32)cc1. The molecule has 1 N–H and O–H groups in total. The lowest BCUT2D eigenvalue weighted by Gasteiger charge is -2.44. The van der Waals surface area contributed by atoms with Gasteiger partial charge in [0.25, 0.3) is 0 Å². The van der Waals surface area contributed by atoms with E-state index in [2.05, 4.69) is 46.6 Å². The van der Waals surface area contributed by atoms with E-state index in [-0.39, 0.29) is 24.8 Å². The van der Waals surface area contributed by atoms with Crippen LogP contribution in [0.2, 0.25) is 5.02 Å². The van der Waals surface area contributed by atoms with Gasteiger partial charge >= 0.3 is 0 Å². The van der Waals surface area contributed by atoms with Crippen molar-refractivity contribution >= 4 is 36.4 Å². The van der Waals surface area contributed by atoms with E-state index in [4.69, 9.17) is 11.6 Å². The van der Waals surface area contributed by atoms with Gasteiger partial charge in [0.1, 0.15) is 0 Å². The molecule has 2 atom stereocenters. The van der Waals surface area contributed by atoms with Crippen LogP contribution in [0.4, 0.5) is 0 Å². The van der Waals surface area contributed by atoms with E-state index in [1.165, 1.54) is 16.7 Å². The second-order valence-electron chi connectivity index (χ2n) is 5.95. The molecule has 4 rings (SSSR count). The van der Waals surface area contributed by atoms with Gasteiger partial charge in [0.2, 0.25) is 0 Å². The van der Waals surface area contributed by atoms with E-state index >= 15 is 0 Å². The third-order valence-electron chi connectivity index (χ3n) is 4.77. The lowest BCUT2D eigenvalue weighted by atomic mass is 9.81.